The maximum absolute atomic E-state index is 14.0. The third-order valence-electron chi connectivity index (χ3n) is 3.31. The molecule has 2 nitrogen and oxygen atoms in total. The van der Waals surface area contributed by atoms with Crippen molar-refractivity contribution in [3.63, 3.8) is 0 Å². The summed E-state index contributed by atoms with van der Waals surface area (Å²) in [6, 6.07) is 14.0. The number of rotatable bonds is 4. The Labute approximate surface area is 128 Å². The number of anilines is 1. The van der Waals surface area contributed by atoms with E-state index in [0.29, 0.717) is 17.3 Å². The van der Waals surface area contributed by atoms with E-state index >= 15 is 0 Å². The fraction of sp³-hybridized carbons (Fsp3) is 0.167. The molecule has 0 heterocycles. The number of carbonyl (C=O) groups is 1. The zero-order valence-corrected chi connectivity index (χ0v) is 12.4. The van der Waals surface area contributed by atoms with Crippen LogP contribution in [0.15, 0.2) is 54.6 Å². The van der Waals surface area contributed by atoms with Crippen LogP contribution >= 0.6 is 0 Å². The third-order valence-corrected chi connectivity index (χ3v) is 3.31. The lowest BCUT2D eigenvalue weighted by Gasteiger charge is -2.15. The Balaban J connectivity index is 2.15. The molecule has 0 spiro atoms. The smallest absolute Gasteiger partial charge is 0.320 e. The molecule has 0 aliphatic heterocycles. The normalized spacial score (nSPS) is 11.6. The van der Waals surface area contributed by atoms with Gasteiger partial charge in [0, 0.05) is 5.69 Å². The van der Waals surface area contributed by atoms with Crippen LogP contribution < -0.4 is 5.32 Å². The van der Waals surface area contributed by atoms with Gasteiger partial charge in [0.1, 0.15) is 0 Å². The van der Waals surface area contributed by atoms with Gasteiger partial charge in [0.25, 0.3) is 5.91 Å². The maximum Gasteiger partial charge on any atom is 0.343 e. The molecule has 0 aliphatic carbocycles. The van der Waals surface area contributed by atoms with Crippen molar-refractivity contribution in [2.75, 3.05) is 5.32 Å². The zero-order chi connectivity index (χ0) is 16.2. The summed E-state index contributed by atoms with van der Waals surface area (Å²) in [7, 11) is 0. The molecule has 4 heteroatoms. The minimum atomic E-state index is -3.58. The van der Waals surface area contributed by atoms with Crippen molar-refractivity contribution < 1.29 is 13.6 Å². The van der Waals surface area contributed by atoms with E-state index in [0.717, 1.165) is 11.1 Å². The standard InChI is InChI=1S/C18H17F2NO/c1-13-7-6-8-14(2)16(13)21-17(22)18(19,20)12-11-15-9-4-3-5-10-15/h3-12H,1-2H3,(H,21,22)/b12-11+. The van der Waals surface area contributed by atoms with Crippen LogP contribution in [0.3, 0.4) is 0 Å². The largest absolute Gasteiger partial charge is 0.343 e. The summed E-state index contributed by atoms with van der Waals surface area (Å²) in [6.07, 6.45) is 1.86. The lowest BCUT2D eigenvalue weighted by Crippen LogP contribution is -2.33. The Morgan fingerprint density at radius 1 is 1.00 bits per heavy atom. The molecule has 1 N–H and O–H groups in total. The van der Waals surface area contributed by atoms with Crippen LogP contribution in [0.5, 0.6) is 0 Å². The van der Waals surface area contributed by atoms with Crippen molar-refractivity contribution in [3.05, 3.63) is 71.3 Å². The maximum atomic E-state index is 14.0. The van der Waals surface area contributed by atoms with Gasteiger partial charge in [-0.15, -0.1) is 0 Å². The predicted octanol–water partition coefficient (Wildman–Crippen LogP) is 4.59. The molecule has 2 aromatic carbocycles. The van der Waals surface area contributed by atoms with E-state index in [1.165, 1.54) is 6.08 Å². The summed E-state index contributed by atoms with van der Waals surface area (Å²) in [6.45, 7) is 3.53. The van der Waals surface area contributed by atoms with Gasteiger partial charge in [-0.2, -0.15) is 8.78 Å². The zero-order valence-electron chi connectivity index (χ0n) is 12.4. The average molecular weight is 301 g/mol. The summed E-state index contributed by atoms with van der Waals surface area (Å²) in [5, 5.41) is 2.31. The Bertz CT molecular complexity index is 673. The summed E-state index contributed by atoms with van der Waals surface area (Å²) in [5.74, 6) is -4.91. The summed E-state index contributed by atoms with van der Waals surface area (Å²) in [5.41, 5.74) is 2.54. The number of benzene rings is 2. The molecule has 1 amide bonds. The molecule has 0 aromatic heterocycles. The molecular formula is C18H17F2NO. The topological polar surface area (TPSA) is 29.1 Å². The predicted molar refractivity (Wildman–Crippen MR) is 85.0 cm³/mol. The molecule has 0 bridgehead atoms. The molecule has 0 saturated heterocycles. The molecule has 2 aromatic rings. The van der Waals surface area contributed by atoms with Crippen molar-refractivity contribution in [2.24, 2.45) is 0 Å². The SMILES string of the molecule is Cc1cccc(C)c1NC(=O)C(F)(F)/C=C/c1ccccc1. The van der Waals surface area contributed by atoms with Crippen molar-refractivity contribution in [1.82, 2.24) is 0 Å². The van der Waals surface area contributed by atoms with Crippen molar-refractivity contribution >= 4 is 17.7 Å². The first-order valence-corrected chi connectivity index (χ1v) is 6.90. The van der Waals surface area contributed by atoms with Gasteiger partial charge in [0.15, 0.2) is 0 Å². The number of halogens is 2. The molecule has 22 heavy (non-hydrogen) atoms. The van der Waals surface area contributed by atoms with Crippen LogP contribution in [0.25, 0.3) is 6.08 Å². The second-order valence-corrected chi connectivity index (χ2v) is 5.09. The number of alkyl halides is 2. The lowest BCUT2D eigenvalue weighted by molar-refractivity contribution is -0.133. The molecule has 0 radical (unpaired) electrons. The highest BCUT2D eigenvalue weighted by atomic mass is 19.3. The number of amides is 1. The van der Waals surface area contributed by atoms with E-state index in [-0.39, 0.29) is 0 Å². The molecule has 114 valence electrons. The molecule has 0 fully saturated rings. The molecular weight excluding hydrogens is 284 g/mol. The molecule has 0 saturated carbocycles. The monoisotopic (exact) mass is 301 g/mol. The van der Waals surface area contributed by atoms with E-state index in [9.17, 15) is 13.6 Å². The van der Waals surface area contributed by atoms with Crippen LogP contribution in [0.4, 0.5) is 14.5 Å². The quantitative estimate of drug-likeness (QED) is 0.879. The highest BCUT2D eigenvalue weighted by molar-refractivity contribution is 5.99. The number of carbonyl (C=O) groups excluding carboxylic acids is 1. The van der Waals surface area contributed by atoms with E-state index in [4.69, 9.17) is 0 Å². The number of aryl methyl sites for hydroxylation is 2. The highest BCUT2D eigenvalue weighted by Gasteiger charge is 2.36. The first kappa shape index (κ1) is 15.9. The number of para-hydroxylation sites is 1. The van der Waals surface area contributed by atoms with E-state index in [1.807, 2.05) is 6.07 Å². The van der Waals surface area contributed by atoms with Gasteiger partial charge in [0.2, 0.25) is 0 Å². The Kier molecular flexibility index (Phi) is 4.71. The second-order valence-electron chi connectivity index (χ2n) is 5.09. The van der Waals surface area contributed by atoms with E-state index < -0.39 is 11.8 Å². The fourth-order valence-electron chi connectivity index (χ4n) is 2.05. The van der Waals surface area contributed by atoms with Gasteiger partial charge in [-0.1, -0.05) is 54.6 Å². The molecule has 0 aliphatic rings. The van der Waals surface area contributed by atoms with Gasteiger partial charge >= 0.3 is 5.92 Å². The highest BCUT2D eigenvalue weighted by Crippen LogP contribution is 2.24. The van der Waals surface area contributed by atoms with Gasteiger partial charge in [-0.3, -0.25) is 4.79 Å². The van der Waals surface area contributed by atoms with E-state index in [1.54, 1.807) is 56.3 Å². The summed E-state index contributed by atoms with van der Waals surface area (Å²) >= 11 is 0. The number of nitrogens with one attached hydrogen (secondary N) is 1. The van der Waals surface area contributed by atoms with Crippen molar-refractivity contribution in [2.45, 2.75) is 19.8 Å². The Morgan fingerprint density at radius 2 is 1.59 bits per heavy atom. The third kappa shape index (κ3) is 3.79. The Morgan fingerprint density at radius 3 is 2.18 bits per heavy atom. The fourth-order valence-corrected chi connectivity index (χ4v) is 2.05. The van der Waals surface area contributed by atoms with Crippen LogP contribution in [0.1, 0.15) is 16.7 Å². The number of hydrogen-bond acceptors (Lipinski definition) is 1. The van der Waals surface area contributed by atoms with Gasteiger partial charge < -0.3 is 5.32 Å². The van der Waals surface area contributed by atoms with Crippen LogP contribution in [-0.4, -0.2) is 11.8 Å². The van der Waals surface area contributed by atoms with Crippen molar-refractivity contribution in [1.29, 1.82) is 0 Å². The lowest BCUT2D eigenvalue weighted by atomic mass is 10.1. The van der Waals surface area contributed by atoms with Crippen LogP contribution in [0, 0.1) is 13.8 Å². The van der Waals surface area contributed by atoms with Crippen molar-refractivity contribution in [3.8, 4) is 0 Å². The van der Waals surface area contributed by atoms with E-state index in [2.05, 4.69) is 5.32 Å². The second kappa shape index (κ2) is 6.52. The summed E-state index contributed by atoms with van der Waals surface area (Å²) < 4.78 is 27.9. The van der Waals surface area contributed by atoms with Gasteiger partial charge in [0.05, 0.1) is 0 Å². The summed E-state index contributed by atoms with van der Waals surface area (Å²) in [4.78, 5) is 11.8. The molecule has 0 unspecified atom stereocenters. The molecule has 2 rings (SSSR count). The Hall–Kier alpha value is -2.49. The number of hydrogen-bond donors (Lipinski definition) is 1. The average Bonchev–Trinajstić information content (AvgIpc) is 2.50. The van der Waals surface area contributed by atoms with Gasteiger partial charge in [-0.05, 0) is 36.6 Å². The first-order valence-electron chi connectivity index (χ1n) is 6.90. The molecule has 0 atom stereocenters. The minimum Gasteiger partial charge on any atom is -0.320 e. The van der Waals surface area contributed by atoms with Gasteiger partial charge in [-0.25, -0.2) is 0 Å². The first-order chi connectivity index (χ1) is 10.4. The minimum absolute atomic E-state index is 0.431. The van der Waals surface area contributed by atoms with Crippen LogP contribution in [0.2, 0.25) is 0 Å². The van der Waals surface area contributed by atoms with Crippen LogP contribution in [-0.2, 0) is 4.79 Å².